The number of benzene rings is 3. The van der Waals surface area contributed by atoms with Crippen molar-refractivity contribution in [3.05, 3.63) is 92.9 Å². The van der Waals surface area contributed by atoms with E-state index in [4.69, 9.17) is 39.5 Å². The molecule has 0 aliphatic carbocycles. The number of anilines is 1. The number of hydrazone groups is 1. The highest BCUT2D eigenvalue weighted by atomic mass is 35.5. The van der Waals surface area contributed by atoms with Gasteiger partial charge in [0.2, 0.25) is 0 Å². The van der Waals surface area contributed by atoms with E-state index in [1.165, 1.54) is 12.1 Å². The molecule has 2 amide bonds. The standard InChI is InChI=1S/C23H16Cl3N3O4/c1-13(28-29-22(31)21(30)27-18-10-5-9-17(25)20(18)26)16-8-2-3-11-19(16)33-23(32)14-6-4-7-15(24)12-14/h2-12H,1H3,(H,27,30)(H,29,31)/b28-13+. The number of hydrogen-bond donors (Lipinski definition) is 2. The first-order valence-electron chi connectivity index (χ1n) is 9.43. The summed E-state index contributed by atoms with van der Waals surface area (Å²) in [5.74, 6) is -2.41. The van der Waals surface area contributed by atoms with Crippen LogP contribution in [0, 0.1) is 0 Å². The van der Waals surface area contributed by atoms with E-state index in [0.29, 0.717) is 16.3 Å². The number of rotatable bonds is 5. The zero-order valence-corrected chi connectivity index (χ0v) is 19.3. The Hall–Kier alpha value is -3.39. The van der Waals surface area contributed by atoms with Crippen LogP contribution in [0.2, 0.25) is 15.1 Å². The highest BCUT2D eigenvalue weighted by molar-refractivity contribution is 6.45. The van der Waals surface area contributed by atoms with Crippen LogP contribution in [0.5, 0.6) is 5.75 Å². The molecule has 0 atom stereocenters. The van der Waals surface area contributed by atoms with Crippen molar-refractivity contribution in [3.8, 4) is 5.75 Å². The number of ether oxygens (including phenoxy) is 1. The molecule has 168 valence electrons. The first kappa shape index (κ1) is 24.3. The summed E-state index contributed by atoms with van der Waals surface area (Å²) in [4.78, 5) is 36.8. The Balaban J connectivity index is 1.70. The Bertz CT molecular complexity index is 1260. The highest BCUT2D eigenvalue weighted by Crippen LogP contribution is 2.29. The van der Waals surface area contributed by atoms with Crippen LogP contribution < -0.4 is 15.5 Å². The van der Waals surface area contributed by atoms with E-state index in [1.54, 1.807) is 61.5 Å². The predicted molar refractivity (Wildman–Crippen MR) is 128 cm³/mol. The van der Waals surface area contributed by atoms with Crippen LogP contribution in [-0.2, 0) is 9.59 Å². The average Bonchev–Trinajstić information content (AvgIpc) is 2.80. The lowest BCUT2D eigenvalue weighted by Crippen LogP contribution is -2.33. The molecule has 0 aliphatic heterocycles. The quantitative estimate of drug-likeness (QED) is 0.161. The van der Waals surface area contributed by atoms with E-state index in [-0.39, 0.29) is 27.0 Å². The Morgan fingerprint density at radius 2 is 1.61 bits per heavy atom. The summed E-state index contributed by atoms with van der Waals surface area (Å²) in [6.07, 6.45) is 0. The number of carbonyl (C=O) groups is 3. The smallest absolute Gasteiger partial charge is 0.343 e. The molecule has 0 bridgehead atoms. The minimum Gasteiger partial charge on any atom is -0.422 e. The van der Waals surface area contributed by atoms with Crippen molar-refractivity contribution >= 4 is 64.0 Å². The van der Waals surface area contributed by atoms with E-state index in [0.717, 1.165) is 0 Å². The molecule has 2 N–H and O–H groups in total. The molecule has 0 radical (unpaired) electrons. The summed E-state index contributed by atoms with van der Waals surface area (Å²) in [7, 11) is 0. The van der Waals surface area contributed by atoms with Gasteiger partial charge in [-0.15, -0.1) is 0 Å². The van der Waals surface area contributed by atoms with Crippen LogP contribution in [-0.4, -0.2) is 23.5 Å². The minimum atomic E-state index is -1.03. The second-order valence-corrected chi connectivity index (χ2v) is 7.81. The maximum Gasteiger partial charge on any atom is 0.343 e. The summed E-state index contributed by atoms with van der Waals surface area (Å²) >= 11 is 17.8. The Morgan fingerprint density at radius 3 is 2.36 bits per heavy atom. The molecule has 0 spiro atoms. The molecule has 3 aromatic rings. The molecule has 0 saturated heterocycles. The third-order valence-electron chi connectivity index (χ3n) is 4.27. The van der Waals surface area contributed by atoms with Gasteiger partial charge in [-0.1, -0.05) is 59.1 Å². The molecule has 3 rings (SSSR count). The van der Waals surface area contributed by atoms with Crippen LogP contribution in [0.15, 0.2) is 71.8 Å². The van der Waals surface area contributed by atoms with Gasteiger partial charge in [-0.3, -0.25) is 9.59 Å². The van der Waals surface area contributed by atoms with Crippen molar-refractivity contribution in [1.82, 2.24) is 5.43 Å². The average molecular weight is 505 g/mol. The van der Waals surface area contributed by atoms with Crippen molar-refractivity contribution in [2.24, 2.45) is 5.10 Å². The van der Waals surface area contributed by atoms with Crippen LogP contribution in [0.1, 0.15) is 22.8 Å². The van der Waals surface area contributed by atoms with Gasteiger partial charge in [-0.05, 0) is 49.4 Å². The first-order chi connectivity index (χ1) is 15.8. The first-order valence-corrected chi connectivity index (χ1v) is 10.6. The van der Waals surface area contributed by atoms with Gasteiger partial charge in [0.1, 0.15) is 5.75 Å². The number of para-hydroxylation sites is 1. The van der Waals surface area contributed by atoms with Gasteiger partial charge in [0.05, 0.1) is 27.0 Å². The fraction of sp³-hybridized carbons (Fsp3) is 0.0435. The molecule has 0 aliphatic rings. The SMILES string of the molecule is C/C(=N\NC(=O)C(=O)Nc1cccc(Cl)c1Cl)c1ccccc1OC(=O)c1cccc(Cl)c1. The van der Waals surface area contributed by atoms with Gasteiger partial charge in [0.25, 0.3) is 0 Å². The largest absolute Gasteiger partial charge is 0.422 e. The fourth-order valence-electron chi connectivity index (χ4n) is 2.65. The van der Waals surface area contributed by atoms with E-state index in [9.17, 15) is 14.4 Å². The normalized spacial score (nSPS) is 11.0. The van der Waals surface area contributed by atoms with Crippen molar-refractivity contribution in [2.45, 2.75) is 6.92 Å². The van der Waals surface area contributed by atoms with Crippen molar-refractivity contribution in [3.63, 3.8) is 0 Å². The number of carbonyl (C=O) groups excluding carboxylic acids is 3. The predicted octanol–water partition coefficient (Wildman–Crippen LogP) is 5.34. The van der Waals surface area contributed by atoms with Gasteiger partial charge in [0.15, 0.2) is 0 Å². The van der Waals surface area contributed by atoms with E-state index >= 15 is 0 Å². The number of halogens is 3. The topological polar surface area (TPSA) is 96.9 Å². The monoisotopic (exact) mass is 503 g/mol. The zero-order valence-electron chi connectivity index (χ0n) is 17.1. The number of nitrogens with zero attached hydrogens (tertiary/aromatic N) is 1. The lowest BCUT2D eigenvalue weighted by atomic mass is 10.1. The maximum absolute atomic E-state index is 12.5. The second kappa shape index (κ2) is 11.0. The maximum atomic E-state index is 12.5. The van der Waals surface area contributed by atoms with E-state index in [1.807, 2.05) is 0 Å². The Labute approximate surface area is 204 Å². The molecule has 0 fully saturated rings. The van der Waals surface area contributed by atoms with E-state index in [2.05, 4.69) is 15.8 Å². The molecular weight excluding hydrogens is 489 g/mol. The highest BCUT2D eigenvalue weighted by Gasteiger charge is 2.17. The van der Waals surface area contributed by atoms with E-state index < -0.39 is 17.8 Å². The lowest BCUT2D eigenvalue weighted by Gasteiger charge is -2.10. The third kappa shape index (κ3) is 6.32. The summed E-state index contributed by atoms with van der Waals surface area (Å²) in [5.41, 5.74) is 3.35. The van der Waals surface area contributed by atoms with Gasteiger partial charge >= 0.3 is 17.8 Å². The molecule has 3 aromatic carbocycles. The fourth-order valence-corrected chi connectivity index (χ4v) is 3.19. The van der Waals surface area contributed by atoms with Gasteiger partial charge in [-0.2, -0.15) is 5.10 Å². The molecule has 33 heavy (non-hydrogen) atoms. The summed E-state index contributed by atoms with van der Waals surface area (Å²) < 4.78 is 5.47. The van der Waals surface area contributed by atoms with Gasteiger partial charge in [-0.25, -0.2) is 10.2 Å². The van der Waals surface area contributed by atoms with Crippen LogP contribution in [0.25, 0.3) is 0 Å². The summed E-state index contributed by atoms with van der Waals surface area (Å²) in [6.45, 7) is 1.58. The number of nitrogens with one attached hydrogen (secondary N) is 2. The Kier molecular flexibility index (Phi) is 8.06. The zero-order chi connectivity index (χ0) is 24.0. The van der Waals surface area contributed by atoms with Crippen molar-refractivity contribution in [1.29, 1.82) is 0 Å². The summed E-state index contributed by atoms with van der Waals surface area (Å²) in [6, 6.07) is 17.6. The molecule has 7 nitrogen and oxygen atoms in total. The second-order valence-electron chi connectivity index (χ2n) is 6.59. The number of esters is 1. The Morgan fingerprint density at radius 1 is 0.879 bits per heavy atom. The number of amides is 2. The molecule has 0 unspecified atom stereocenters. The van der Waals surface area contributed by atoms with Crippen molar-refractivity contribution < 1.29 is 19.1 Å². The molecule has 10 heteroatoms. The van der Waals surface area contributed by atoms with Gasteiger partial charge < -0.3 is 10.1 Å². The third-order valence-corrected chi connectivity index (χ3v) is 5.33. The molecule has 0 heterocycles. The molecule has 0 saturated carbocycles. The van der Waals surface area contributed by atoms with Gasteiger partial charge in [0, 0.05) is 10.6 Å². The van der Waals surface area contributed by atoms with Crippen LogP contribution in [0.4, 0.5) is 5.69 Å². The van der Waals surface area contributed by atoms with Crippen LogP contribution >= 0.6 is 34.8 Å². The summed E-state index contributed by atoms with van der Waals surface area (Å²) in [5, 5.41) is 7.03. The minimum absolute atomic E-state index is 0.107. The van der Waals surface area contributed by atoms with Crippen molar-refractivity contribution in [2.75, 3.05) is 5.32 Å². The number of hydrogen-bond acceptors (Lipinski definition) is 5. The van der Waals surface area contributed by atoms with Crippen LogP contribution in [0.3, 0.4) is 0 Å². The molecular formula is C23H16Cl3N3O4. The lowest BCUT2D eigenvalue weighted by molar-refractivity contribution is -0.136. The molecule has 0 aromatic heterocycles.